The lowest BCUT2D eigenvalue weighted by Gasteiger charge is -2.16. The predicted octanol–water partition coefficient (Wildman–Crippen LogP) is 14.5. The maximum absolute atomic E-state index is 5.37. The SMILES string of the molecule is c1ccc(-c2ccc(-c3nc(-c4ccccc4)nc(-c4cc(-c5nc(-c6ccccc6)nc(-c6ccccc6)n5)ccc4-n4c5ccccc5c5c(-c6ccccc6)cccc54)n3)cc2)cc1. The van der Waals surface area contributed by atoms with Gasteiger partial charge in [-0.2, -0.15) is 0 Å². The van der Waals surface area contributed by atoms with Crippen LogP contribution in [0.15, 0.2) is 237 Å². The second kappa shape index (κ2) is 17.1. The zero-order valence-corrected chi connectivity index (χ0v) is 36.1. The molecule has 12 aromatic rings. The maximum Gasteiger partial charge on any atom is 0.166 e. The lowest BCUT2D eigenvalue weighted by Crippen LogP contribution is -2.05. The highest BCUT2D eigenvalue weighted by Crippen LogP contribution is 2.42. The lowest BCUT2D eigenvalue weighted by atomic mass is 9.99. The fourth-order valence-electron chi connectivity index (χ4n) is 8.91. The quantitative estimate of drug-likeness (QED) is 0.144. The molecule has 0 saturated carbocycles. The van der Waals surface area contributed by atoms with Gasteiger partial charge in [0.2, 0.25) is 0 Å². The molecule has 0 atom stereocenters. The van der Waals surface area contributed by atoms with E-state index < -0.39 is 0 Å². The molecule has 314 valence electrons. The fraction of sp³-hybridized carbons (Fsp3) is 0. The van der Waals surface area contributed by atoms with Crippen LogP contribution in [0.4, 0.5) is 0 Å². The van der Waals surface area contributed by atoms with Crippen molar-refractivity contribution in [1.82, 2.24) is 34.5 Å². The van der Waals surface area contributed by atoms with Crippen LogP contribution < -0.4 is 0 Å². The topological polar surface area (TPSA) is 82.3 Å². The van der Waals surface area contributed by atoms with Gasteiger partial charge in [0, 0.05) is 44.2 Å². The van der Waals surface area contributed by atoms with E-state index in [0.29, 0.717) is 34.9 Å². The molecule has 0 unspecified atom stereocenters. The summed E-state index contributed by atoms with van der Waals surface area (Å²) in [5.74, 6) is 3.33. The van der Waals surface area contributed by atoms with Crippen LogP contribution >= 0.6 is 0 Å². The minimum Gasteiger partial charge on any atom is -0.308 e. The Balaban J connectivity index is 1.13. The molecule has 12 rings (SSSR count). The second-order valence-corrected chi connectivity index (χ2v) is 16.3. The minimum absolute atomic E-state index is 0.513. The molecule has 0 radical (unpaired) electrons. The van der Waals surface area contributed by atoms with Crippen LogP contribution in [0.25, 0.3) is 118 Å². The molecular weight excluding hydrogens is 819 g/mol. The van der Waals surface area contributed by atoms with E-state index in [2.05, 4.69) is 144 Å². The Labute approximate surface area is 387 Å². The molecule has 0 aliphatic rings. The van der Waals surface area contributed by atoms with Gasteiger partial charge in [-0.05, 0) is 52.6 Å². The predicted molar refractivity (Wildman–Crippen MR) is 271 cm³/mol. The van der Waals surface area contributed by atoms with Crippen molar-refractivity contribution in [2.75, 3.05) is 0 Å². The zero-order valence-electron chi connectivity index (χ0n) is 36.1. The van der Waals surface area contributed by atoms with E-state index in [-0.39, 0.29) is 0 Å². The average Bonchev–Trinajstić information content (AvgIpc) is 3.76. The van der Waals surface area contributed by atoms with Crippen LogP contribution in [-0.2, 0) is 0 Å². The van der Waals surface area contributed by atoms with Gasteiger partial charge in [0.05, 0.1) is 16.7 Å². The van der Waals surface area contributed by atoms with Crippen molar-refractivity contribution in [1.29, 1.82) is 0 Å². The van der Waals surface area contributed by atoms with Crippen molar-refractivity contribution >= 4 is 21.8 Å². The third-order valence-corrected chi connectivity index (χ3v) is 12.1. The highest BCUT2D eigenvalue weighted by atomic mass is 15.1. The van der Waals surface area contributed by atoms with Crippen LogP contribution in [0.5, 0.6) is 0 Å². The Kier molecular flexibility index (Phi) is 10.0. The maximum atomic E-state index is 5.37. The first-order chi connectivity index (χ1) is 33.2. The first-order valence-electron chi connectivity index (χ1n) is 22.3. The number of aromatic nitrogens is 7. The van der Waals surface area contributed by atoms with Crippen LogP contribution in [0.2, 0.25) is 0 Å². The standard InChI is InChI=1S/C60H39N7/c1-6-19-40(20-7-1)41-33-35-46(36-34-41)58-62-57(45-27-14-5-15-28-45)65-60(66-58)50-39-47(59-63-55(43-23-10-3-11-24-43)61-56(64-59)44-25-12-4-13-26-44)37-38-52(50)67-51-31-17-16-29-49(51)54-48(30-18-32-53(54)67)42-21-8-2-9-22-42/h1-39H. The molecule has 0 N–H and O–H groups in total. The molecule has 0 saturated heterocycles. The molecule has 3 aromatic heterocycles. The van der Waals surface area contributed by atoms with Gasteiger partial charge in [0.15, 0.2) is 34.9 Å². The summed E-state index contributed by atoms with van der Waals surface area (Å²) >= 11 is 0. The number of hydrogen-bond acceptors (Lipinski definition) is 6. The van der Waals surface area contributed by atoms with Crippen molar-refractivity contribution in [3.8, 4) is 96.3 Å². The minimum atomic E-state index is 0.513. The third-order valence-electron chi connectivity index (χ3n) is 12.1. The van der Waals surface area contributed by atoms with Gasteiger partial charge in [-0.25, -0.2) is 29.9 Å². The third kappa shape index (κ3) is 7.50. The Morgan fingerprint density at radius 2 is 0.612 bits per heavy atom. The monoisotopic (exact) mass is 857 g/mol. The smallest absolute Gasteiger partial charge is 0.166 e. The number of hydrogen-bond donors (Lipinski definition) is 0. The van der Waals surface area contributed by atoms with Crippen LogP contribution in [0.1, 0.15) is 0 Å². The summed E-state index contributed by atoms with van der Waals surface area (Å²) in [5, 5.41) is 2.31. The number of para-hydroxylation sites is 1. The van der Waals surface area contributed by atoms with Crippen molar-refractivity contribution < 1.29 is 0 Å². The Morgan fingerprint density at radius 1 is 0.239 bits per heavy atom. The van der Waals surface area contributed by atoms with Crippen molar-refractivity contribution in [2.24, 2.45) is 0 Å². The number of fused-ring (bicyclic) bond motifs is 3. The normalized spacial score (nSPS) is 11.3. The first-order valence-corrected chi connectivity index (χ1v) is 22.3. The van der Waals surface area contributed by atoms with Gasteiger partial charge in [0.1, 0.15) is 0 Å². The van der Waals surface area contributed by atoms with Gasteiger partial charge in [-0.1, -0.05) is 206 Å². The van der Waals surface area contributed by atoms with E-state index >= 15 is 0 Å². The largest absolute Gasteiger partial charge is 0.308 e. The highest BCUT2D eigenvalue weighted by Gasteiger charge is 2.23. The van der Waals surface area contributed by atoms with Crippen molar-refractivity contribution in [3.05, 3.63) is 237 Å². The first kappa shape index (κ1) is 39.4. The van der Waals surface area contributed by atoms with Gasteiger partial charge < -0.3 is 4.57 Å². The Hall–Kier alpha value is -9.20. The zero-order chi connectivity index (χ0) is 44.5. The average molecular weight is 858 g/mol. The lowest BCUT2D eigenvalue weighted by molar-refractivity contribution is 1.06. The molecular formula is C60H39N7. The van der Waals surface area contributed by atoms with Crippen LogP contribution in [-0.4, -0.2) is 34.5 Å². The molecule has 0 aliphatic carbocycles. The van der Waals surface area contributed by atoms with Gasteiger partial charge in [-0.15, -0.1) is 0 Å². The summed E-state index contributed by atoms with van der Waals surface area (Å²) in [6, 6.07) is 81.2. The molecule has 0 bridgehead atoms. The molecule has 0 aliphatic heterocycles. The molecule has 9 aromatic carbocycles. The van der Waals surface area contributed by atoms with Crippen LogP contribution in [0.3, 0.4) is 0 Å². The summed E-state index contributed by atoms with van der Waals surface area (Å²) < 4.78 is 2.34. The molecule has 0 fully saturated rings. The second-order valence-electron chi connectivity index (χ2n) is 16.3. The summed E-state index contributed by atoms with van der Waals surface area (Å²) in [4.78, 5) is 31.2. The fourth-order valence-corrected chi connectivity index (χ4v) is 8.91. The number of nitrogens with zero attached hydrogens (tertiary/aromatic N) is 7. The van der Waals surface area contributed by atoms with E-state index in [9.17, 15) is 0 Å². The van der Waals surface area contributed by atoms with Gasteiger partial charge >= 0.3 is 0 Å². The summed E-state index contributed by atoms with van der Waals surface area (Å²) in [6.45, 7) is 0. The van der Waals surface area contributed by atoms with E-state index in [4.69, 9.17) is 29.9 Å². The van der Waals surface area contributed by atoms with Gasteiger partial charge in [0.25, 0.3) is 0 Å². The van der Waals surface area contributed by atoms with Crippen LogP contribution in [0, 0.1) is 0 Å². The molecule has 7 nitrogen and oxygen atoms in total. The Bertz CT molecular complexity index is 3650. The molecule has 0 amide bonds. The van der Waals surface area contributed by atoms with E-state index in [1.54, 1.807) is 0 Å². The summed E-state index contributed by atoms with van der Waals surface area (Å²) in [6.07, 6.45) is 0. The number of benzene rings is 9. The van der Waals surface area contributed by atoms with Crippen molar-refractivity contribution in [2.45, 2.75) is 0 Å². The van der Waals surface area contributed by atoms with Gasteiger partial charge in [-0.3, -0.25) is 0 Å². The Morgan fingerprint density at radius 3 is 1.15 bits per heavy atom. The van der Waals surface area contributed by atoms with E-state index in [1.165, 1.54) is 0 Å². The summed E-state index contributed by atoms with van der Waals surface area (Å²) in [7, 11) is 0. The highest BCUT2D eigenvalue weighted by molar-refractivity contribution is 6.16. The molecule has 7 heteroatoms. The van der Waals surface area contributed by atoms with Crippen molar-refractivity contribution in [3.63, 3.8) is 0 Å². The molecule has 67 heavy (non-hydrogen) atoms. The van der Waals surface area contributed by atoms with E-state index in [0.717, 1.165) is 83.1 Å². The summed E-state index contributed by atoms with van der Waals surface area (Å²) in [5.41, 5.74) is 12.7. The number of rotatable bonds is 9. The molecule has 3 heterocycles. The van der Waals surface area contributed by atoms with E-state index in [1.807, 2.05) is 97.1 Å². The molecule has 0 spiro atoms.